The largest absolute Gasteiger partial charge is 0.662 e. The second-order valence-electron chi connectivity index (χ2n) is 10.5. The third-order valence-electron chi connectivity index (χ3n) is 9.32. The molecule has 4 aliphatic carbocycles. The van der Waals surface area contributed by atoms with E-state index in [2.05, 4.69) is 11.7 Å². The summed E-state index contributed by atoms with van der Waals surface area (Å²) in [7, 11) is -2.22. The lowest BCUT2D eigenvalue weighted by atomic mass is 9.44. The fraction of sp³-hybridized carbons (Fsp3) is 0.905. The zero-order valence-electron chi connectivity index (χ0n) is 19.7. The van der Waals surface area contributed by atoms with Crippen LogP contribution in [0.5, 0.6) is 0 Å². The first kappa shape index (κ1) is 33.0. The molecular formula is C21H41BO12. The van der Waals surface area contributed by atoms with Crippen molar-refractivity contribution in [1.29, 1.82) is 0 Å². The maximum atomic E-state index is 13.6. The summed E-state index contributed by atoms with van der Waals surface area (Å²) < 4.78 is 0. The van der Waals surface area contributed by atoms with Crippen LogP contribution in [0, 0.1) is 34.5 Å². The Morgan fingerprint density at radius 2 is 1.71 bits per heavy atom. The summed E-state index contributed by atoms with van der Waals surface area (Å²) in [6.07, 6.45) is 4.82. The van der Waals surface area contributed by atoms with Crippen LogP contribution in [0.3, 0.4) is 0 Å². The number of rotatable bonds is 5. The highest BCUT2D eigenvalue weighted by atomic mass is 17.2. The molecule has 0 amide bonds. The number of aliphatic hydroxyl groups is 2. The van der Waals surface area contributed by atoms with Crippen molar-refractivity contribution in [2.45, 2.75) is 76.9 Å². The van der Waals surface area contributed by atoms with Crippen molar-refractivity contribution in [3.05, 3.63) is 0 Å². The van der Waals surface area contributed by atoms with E-state index in [-0.39, 0.29) is 69.8 Å². The predicted molar refractivity (Wildman–Crippen MR) is 120 cm³/mol. The van der Waals surface area contributed by atoms with E-state index in [0.29, 0.717) is 18.8 Å². The molecule has 0 radical (unpaired) electrons. The Balaban J connectivity index is 0.00000272. The molecule has 0 aromatic rings. The maximum absolute atomic E-state index is 13.6. The summed E-state index contributed by atoms with van der Waals surface area (Å²) >= 11 is 0. The molecule has 0 spiro atoms. The van der Waals surface area contributed by atoms with E-state index in [1.807, 2.05) is 6.92 Å². The Labute approximate surface area is 199 Å². The van der Waals surface area contributed by atoms with Crippen LogP contribution < -0.4 is 0 Å². The van der Waals surface area contributed by atoms with Gasteiger partial charge in [-0.05, 0) is 68.1 Å². The summed E-state index contributed by atoms with van der Waals surface area (Å²) in [5.74, 6) is -0.146. The summed E-state index contributed by atoms with van der Waals surface area (Å²) in [4.78, 5) is 36.4. The SMILES string of the molecule is C[C@]12CC[C@@H](O)C[C@H]1CC[C@@H]1[C@@H]2C(=O)C[C@@]2(C)[C@H]1CC[C@]2(OOB(O)O)C(=O)CO.O.O.O.O. The van der Waals surface area contributed by atoms with E-state index < -0.39 is 30.7 Å². The van der Waals surface area contributed by atoms with Crippen LogP contribution in [-0.2, 0) is 19.3 Å². The third-order valence-corrected chi connectivity index (χ3v) is 9.32. The smallest absolute Gasteiger partial charge is 0.412 e. The summed E-state index contributed by atoms with van der Waals surface area (Å²) in [5.41, 5.74) is -2.62. The molecule has 13 heteroatoms. The van der Waals surface area contributed by atoms with Gasteiger partial charge in [-0.3, -0.25) is 9.59 Å². The number of ketones is 2. The van der Waals surface area contributed by atoms with Crippen LogP contribution in [0.2, 0.25) is 0 Å². The summed E-state index contributed by atoms with van der Waals surface area (Å²) in [6, 6.07) is 0. The molecular weight excluding hydrogens is 455 g/mol. The quantitative estimate of drug-likeness (QED) is 0.179. The van der Waals surface area contributed by atoms with E-state index in [4.69, 9.17) is 14.9 Å². The first-order valence-corrected chi connectivity index (χ1v) is 11.1. The Bertz CT molecular complexity index is 722. The molecule has 0 aromatic carbocycles. The van der Waals surface area contributed by atoms with Gasteiger partial charge in [0.05, 0.1) is 6.10 Å². The fourth-order valence-electron chi connectivity index (χ4n) is 7.93. The van der Waals surface area contributed by atoms with Gasteiger partial charge in [0.2, 0.25) is 0 Å². The second-order valence-corrected chi connectivity index (χ2v) is 10.5. The van der Waals surface area contributed by atoms with E-state index in [0.717, 1.165) is 25.7 Å². The number of hydrogen-bond acceptors (Lipinski definition) is 8. The number of fused-ring (bicyclic) bond motifs is 5. The highest BCUT2D eigenvalue weighted by Crippen LogP contribution is 2.68. The number of carbonyl (C=O) groups excluding carboxylic acids is 2. The monoisotopic (exact) mass is 496 g/mol. The topological polar surface area (TPSA) is 260 Å². The van der Waals surface area contributed by atoms with Gasteiger partial charge in [-0.1, -0.05) is 13.8 Å². The molecule has 0 unspecified atom stereocenters. The van der Waals surface area contributed by atoms with E-state index >= 15 is 0 Å². The summed E-state index contributed by atoms with van der Waals surface area (Å²) in [5, 5.41) is 38.1. The minimum Gasteiger partial charge on any atom is -0.412 e. The Kier molecular flexibility index (Phi) is 11.0. The molecule has 12 N–H and O–H groups in total. The number of carbonyl (C=O) groups is 2. The maximum Gasteiger partial charge on any atom is 0.662 e. The van der Waals surface area contributed by atoms with Gasteiger partial charge in [0.15, 0.2) is 11.4 Å². The number of hydrogen-bond donors (Lipinski definition) is 4. The molecule has 4 rings (SSSR count). The Hall–Kier alpha value is -0.995. The van der Waals surface area contributed by atoms with Crippen LogP contribution in [0.15, 0.2) is 0 Å². The van der Waals surface area contributed by atoms with Crippen LogP contribution in [-0.4, -0.2) is 79.4 Å². The fourth-order valence-corrected chi connectivity index (χ4v) is 7.93. The lowest BCUT2D eigenvalue weighted by Gasteiger charge is -2.60. The zero-order valence-corrected chi connectivity index (χ0v) is 19.7. The third kappa shape index (κ3) is 4.59. The van der Waals surface area contributed by atoms with Gasteiger partial charge < -0.3 is 42.2 Å². The van der Waals surface area contributed by atoms with Crippen LogP contribution in [0.4, 0.5) is 0 Å². The van der Waals surface area contributed by atoms with E-state index in [1.165, 1.54) is 0 Å². The highest BCUT2D eigenvalue weighted by molar-refractivity contribution is 6.32. The summed E-state index contributed by atoms with van der Waals surface area (Å²) in [6.45, 7) is 3.27. The lowest BCUT2D eigenvalue weighted by Crippen LogP contribution is -2.63. The predicted octanol–water partition coefficient (Wildman–Crippen LogP) is -2.51. The normalized spacial score (nSPS) is 42.3. The minimum absolute atomic E-state index is 0. The molecule has 4 saturated carbocycles. The lowest BCUT2D eigenvalue weighted by molar-refractivity contribution is -0.329. The molecule has 4 fully saturated rings. The van der Waals surface area contributed by atoms with Crippen molar-refractivity contribution < 1.29 is 61.4 Å². The molecule has 0 bridgehead atoms. The van der Waals surface area contributed by atoms with E-state index in [1.54, 1.807) is 0 Å². The highest BCUT2D eigenvalue weighted by Gasteiger charge is 2.70. The average molecular weight is 496 g/mol. The van der Waals surface area contributed by atoms with Crippen molar-refractivity contribution >= 4 is 18.9 Å². The number of Topliss-reactive ketones (excluding diaryl/α,β-unsaturated/α-hetero) is 2. The van der Waals surface area contributed by atoms with E-state index in [9.17, 15) is 19.8 Å². The van der Waals surface area contributed by atoms with Gasteiger partial charge in [0.25, 0.3) is 0 Å². The van der Waals surface area contributed by atoms with Crippen molar-refractivity contribution in [2.24, 2.45) is 34.5 Å². The molecule has 0 heterocycles. The standard InChI is InChI=1S/C21H33BO8.4H2O/c1-19-7-5-13(24)9-12(19)3-4-14-15-6-8-21(17(26)11-23,29-30-22(27)28)20(15,2)10-16(25)18(14)19;;;;/h12-15,18,23-24,27-28H,3-11H2,1-2H3;4*1H2/t12-,13-,14+,15+,18-,19+,20+,21+;;;;/m1..../s1. The number of aliphatic hydroxyl groups excluding tert-OH is 2. The van der Waals surface area contributed by atoms with Gasteiger partial charge in [-0.25, -0.2) is 9.69 Å². The van der Waals surface area contributed by atoms with Gasteiger partial charge in [-0.2, -0.15) is 0 Å². The van der Waals surface area contributed by atoms with Gasteiger partial charge in [0, 0.05) is 17.8 Å². The van der Waals surface area contributed by atoms with Crippen molar-refractivity contribution in [2.75, 3.05) is 6.61 Å². The molecule has 0 aliphatic heterocycles. The molecule has 12 nitrogen and oxygen atoms in total. The zero-order chi connectivity index (χ0) is 21.9. The first-order valence-electron chi connectivity index (χ1n) is 11.1. The average Bonchev–Trinajstić information content (AvgIpc) is 2.98. The Morgan fingerprint density at radius 3 is 2.29 bits per heavy atom. The van der Waals surface area contributed by atoms with Crippen LogP contribution in [0.1, 0.15) is 65.2 Å². The van der Waals surface area contributed by atoms with Crippen molar-refractivity contribution in [3.63, 3.8) is 0 Å². The molecule has 4 aliphatic rings. The van der Waals surface area contributed by atoms with Crippen molar-refractivity contribution in [3.8, 4) is 0 Å². The van der Waals surface area contributed by atoms with Gasteiger partial charge in [0.1, 0.15) is 12.4 Å². The molecule has 34 heavy (non-hydrogen) atoms. The van der Waals surface area contributed by atoms with Crippen LogP contribution in [0.25, 0.3) is 0 Å². The minimum atomic E-state index is -2.22. The molecule has 200 valence electrons. The first-order chi connectivity index (χ1) is 14.1. The van der Waals surface area contributed by atoms with Gasteiger partial charge >= 0.3 is 7.32 Å². The van der Waals surface area contributed by atoms with Crippen molar-refractivity contribution in [1.82, 2.24) is 0 Å². The molecule has 8 atom stereocenters. The molecule has 0 saturated heterocycles. The molecule has 0 aromatic heterocycles. The van der Waals surface area contributed by atoms with Gasteiger partial charge in [-0.15, -0.1) is 0 Å². The Morgan fingerprint density at radius 1 is 1.06 bits per heavy atom. The second kappa shape index (κ2) is 11.4. The van der Waals surface area contributed by atoms with Crippen LogP contribution >= 0.6 is 0 Å².